The van der Waals surface area contributed by atoms with Crippen molar-refractivity contribution in [2.45, 2.75) is 19.8 Å². The van der Waals surface area contributed by atoms with Crippen molar-refractivity contribution >= 4 is 40.2 Å². The summed E-state index contributed by atoms with van der Waals surface area (Å²) >= 11 is 8.97. The average molecular weight is 370 g/mol. The minimum Gasteiger partial charge on any atom is -0.338 e. The van der Waals surface area contributed by atoms with Crippen LogP contribution in [0.25, 0.3) is 9.88 Å². The summed E-state index contributed by atoms with van der Waals surface area (Å²) in [6.07, 6.45) is 2.26. The molecule has 0 unspecified atom stereocenters. The fourth-order valence-corrected chi connectivity index (χ4v) is 5.11. The Bertz CT molecular complexity index is 695. The third-order valence-corrected chi connectivity index (χ3v) is 6.62. The molecular formula is C16H20ClN3OS2. The van der Waals surface area contributed by atoms with Gasteiger partial charge in [0, 0.05) is 13.1 Å². The summed E-state index contributed by atoms with van der Waals surface area (Å²) in [7, 11) is 1.96. The number of piperidine rings is 1. The molecule has 2 aromatic rings. The number of hydrogen-bond donors (Lipinski definition) is 1. The van der Waals surface area contributed by atoms with E-state index < -0.39 is 0 Å². The van der Waals surface area contributed by atoms with E-state index in [1.54, 1.807) is 0 Å². The molecule has 0 aromatic carbocycles. The molecule has 0 radical (unpaired) electrons. The first-order valence-corrected chi connectivity index (χ1v) is 9.76. The Morgan fingerprint density at radius 2 is 2.30 bits per heavy atom. The molecule has 1 aliphatic heterocycles. The van der Waals surface area contributed by atoms with Gasteiger partial charge in [0.25, 0.3) is 5.91 Å². The van der Waals surface area contributed by atoms with E-state index in [0.717, 1.165) is 50.8 Å². The molecule has 4 nitrogen and oxygen atoms in total. The van der Waals surface area contributed by atoms with Gasteiger partial charge in [-0.2, -0.15) is 0 Å². The number of nitrogens with one attached hydrogen (secondary N) is 1. The summed E-state index contributed by atoms with van der Waals surface area (Å²) in [6.45, 7) is 4.55. The highest BCUT2D eigenvalue weighted by atomic mass is 35.5. The normalized spacial score (nSPS) is 18.4. The van der Waals surface area contributed by atoms with Crippen LogP contribution in [0.5, 0.6) is 0 Å². The van der Waals surface area contributed by atoms with Gasteiger partial charge in [0.15, 0.2) is 0 Å². The van der Waals surface area contributed by atoms with Gasteiger partial charge in [-0.05, 0) is 51.4 Å². The maximum Gasteiger partial charge on any atom is 0.265 e. The molecule has 1 atom stereocenters. The van der Waals surface area contributed by atoms with Crippen LogP contribution in [-0.4, -0.2) is 42.5 Å². The predicted octanol–water partition coefficient (Wildman–Crippen LogP) is 3.91. The number of carbonyl (C=O) groups excluding carboxylic acids is 1. The van der Waals surface area contributed by atoms with E-state index in [9.17, 15) is 4.79 Å². The SMILES string of the molecule is CNC[C@H]1CCCN(C(=O)c2sc(-c3ccc(Cl)s3)nc2C)C1. The molecule has 3 rings (SSSR count). The van der Waals surface area contributed by atoms with Crippen molar-refractivity contribution in [1.29, 1.82) is 0 Å². The molecule has 1 aliphatic rings. The summed E-state index contributed by atoms with van der Waals surface area (Å²) in [5, 5.41) is 4.10. The highest BCUT2D eigenvalue weighted by Crippen LogP contribution is 2.35. The second kappa shape index (κ2) is 7.30. The van der Waals surface area contributed by atoms with E-state index in [1.807, 2.05) is 31.0 Å². The van der Waals surface area contributed by atoms with E-state index in [1.165, 1.54) is 29.1 Å². The molecule has 23 heavy (non-hydrogen) atoms. The number of likely N-dealkylation sites (tertiary alicyclic amines) is 1. The van der Waals surface area contributed by atoms with Crippen LogP contribution in [0, 0.1) is 12.8 Å². The molecular weight excluding hydrogens is 350 g/mol. The quantitative estimate of drug-likeness (QED) is 0.888. The molecule has 124 valence electrons. The van der Waals surface area contributed by atoms with Crippen molar-refractivity contribution in [2.24, 2.45) is 5.92 Å². The monoisotopic (exact) mass is 369 g/mol. The number of thiazole rings is 1. The zero-order chi connectivity index (χ0) is 16.4. The maximum absolute atomic E-state index is 12.9. The van der Waals surface area contributed by atoms with E-state index in [-0.39, 0.29) is 5.91 Å². The van der Waals surface area contributed by atoms with E-state index >= 15 is 0 Å². The molecule has 1 N–H and O–H groups in total. The Morgan fingerprint density at radius 3 is 3.00 bits per heavy atom. The second-order valence-electron chi connectivity index (χ2n) is 5.85. The topological polar surface area (TPSA) is 45.2 Å². The zero-order valence-electron chi connectivity index (χ0n) is 13.3. The molecule has 3 heterocycles. The Morgan fingerprint density at radius 1 is 1.48 bits per heavy atom. The van der Waals surface area contributed by atoms with Gasteiger partial charge >= 0.3 is 0 Å². The first kappa shape index (κ1) is 16.9. The Balaban J connectivity index is 1.78. The van der Waals surface area contributed by atoms with Crippen molar-refractivity contribution in [3.05, 3.63) is 27.0 Å². The molecule has 0 aliphatic carbocycles. The first-order valence-electron chi connectivity index (χ1n) is 7.75. The van der Waals surface area contributed by atoms with Crippen molar-refractivity contribution in [3.63, 3.8) is 0 Å². The molecule has 0 bridgehead atoms. The van der Waals surface area contributed by atoms with Crippen LogP contribution in [-0.2, 0) is 0 Å². The average Bonchev–Trinajstić information content (AvgIpc) is 3.13. The van der Waals surface area contributed by atoms with Crippen molar-refractivity contribution in [1.82, 2.24) is 15.2 Å². The molecule has 7 heteroatoms. The van der Waals surface area contributed by atoms with Crippen LogP contribution in [0.1, 0.15) is 28.2 Å². The van der Waals surface area contributed by atoms with Gasteiger partial charge in [-0.1, -0.05) is 11.6 Å². The lowest BCUT2D eigenvalue weighted by Crippen LogP contribution is -2.42. The number of aryl methyl sites for hydroxylation is 1. The fourth-order valence-electron chi connectivity index (χ4n) is 2.98. The third-order valence-electron chi connectivity index (χ3n) is 4.07. The summed E-state index contributed by atoms with van der Waals surface area (Å²) in [6, 6.07) is 3.83. The van der Waals surface area contributed by atoms with Gasteiger partial charge in [-0.15, -0.1) is 22.7 Å². The van der Waals surface area contributed by atoms with E-state index in [2.05, 4.69) is 10.3 Å². The van der Waals surface area contributed by atoms with Crippen LogP contribution in [0.15, 0.2) is 12.1 Å². The molecule has 1 saturated heterocycles. The van der Waals surface area contributed by atoms with Crippen LogP contribution in [0.2, 0.25) is 4.34 Å². The van der Waals surface area contributed by atoms with Gasteiger partial charge in [0.05, 0.1) is 14.9 Å². The summed E-state index contributed by atoms with van der Waals surface area (Å²) < 4.78 is 0.742. The van der Waals surface area contributed by atoms with E-state index in [0.29, 0.717) is 5.92 Å². The van der Waals surface area contributed by atoms with Crippen molar-refractivity contribution in [3.8, 4) is 9.88 Å². The van der Waals surface area contributed by atoms with Gasteiger partial charge in [-0.3, -0.25) is 4.79 Å². The van der Waals surface area contributed by atoms with Gasteiger partial charge < -0.3 is 10.2 Å². The highest BCUT2D eigenvalue weighted by Gasteiger charge is 2.27. The van der Waals surface area contributed by atoms with Crippen molar-refractivity contribution < 1.29 is 4.79 Å². The lowest BCUT2D eigenvalue weighted by Gasteiger charge is -2.32. The Hall–Kier alpha value is -0.950. The number of carbonyl (C=O) groups is 1. The number of halogens is 1. The van der Waals surface area contributed by atoms with Gasteiger partial charge in [0.2, 0.25) is 0 Å². The molecule has 2 aromatic heterocycles. The number of amides is 1. The van der Waals surface area contributed by atoms with Gasteiger partial charge in [0.1, 0.15) is 9.88 Å². The predicted molar refractivity (Wildman–Crippen MR) is 97.7 cm³/mol. The summed E-state index contributed by atoms with van der Waals surface area (Å²) in [5.41, 5.74) is 0.815. The summed E-state index contributed by atoms with van der Waals surface area (Å²) in [4.78, 5) is 21.2. The van der Waals surface area contributed by atoms with Crippen LogP contribution in [0.3, 0.4) is 0 Å². The Kier molecular flexibility index (Phi) is 5.36. The number of rotatable bonds is 4. The van der Waals surface area contributed by atoms with Crippen molar-refractivity contribution in [2.75, 3.05) is 26.7 Å². The lowest BCUT2D eigenvalue weighted by atomic mass is 9.98. The second-order valence-corrected chi connectivity index (χ2v) is 8.57. The molecule has 1 amide bonds. The first-order chi connectivity index (χ1) is 11.1. The largest absolute Gasteiger partial charge is 0.338 e. The zero-order valence-corrected chi connectivity index (χ0v) is 15.7. The van der Waals surface area contributed by atoms with Crippen LogP contribution in [0.4, 0.5) is 0 Å². The standard InChI is InChI=1S/C16H20ClN3OS2/c1-10-14(23-15(19-10)12-5-6-13(17)22-12)16(21)20-7-3-4-11(9-20)8-18-2/h5-6,11,18H,3-4,7-9H2,1-2H3/t11-/m1/s1. The number of aromatic nitrogens is 1. The third kappa shape index (κ3) is 3.76. The number of nitrogens with zero attached hydrogens (tertiary/aromatic N) is 2. The minimum absolute atomic E-state index is 0.120. The fraction of sp³-hybridized carbons (Fsp3) is 0.500. The summed E-state index contributed by atoms with van der Waals surface area (Å²) in [5.74, 6) is 0.663. The lowest BCUT2D eigenvalue weighted by molar-refractivity contribution is 0.0678. The smallest absolute Gasteiger partial charge is 0.265 e. The van der Waals surface area contributed by atoms with Gasteiger partial charge in [-0.25, -0.2) is 4.98 Å². The molecule has 0 spiro atoms. The molecule has 1 fully saturated rings. The van der Waals surface area contributed by atoms with Crippen LogP contribution >= 0.6 is 34.3 Å². The minimum atomic E-state index is 0.120. The number of thiophene rings is 1. The molecule has 0 saturated carbocycles. The highest BCUT2D eigenvalue weighted by molar-refractivity contribution is 7.24. The number of hydrogen-bond acceptors (Lipinski definition) is 5. The van der Waals surface area contributed by atoms with E-state index in [4.69, 9.17) is 11.6 Å². The van der Waals surface area contributed by atoms with Crippen LogP contribution < -0.4 is 5.32 Å². The maximum atomic E-state index is 12.9. The Labute approximate surface area is 149 Å².